The summed E-state index contributed by atoms with van der Waals surface area (Å²) in [7, 11) is 4.13. The van der Waals surface area contributed by atoms with Crippen molar-refractivity contribution in [2.75, 3.05) is 40.5 Å². The number of hydrogen-bond acceptors (Lipinski definition) is 5. The minimum Gasteiger partial charge on any atom is -0.488 e. The Bertz CT molecular complexity index is 807. The first-order chi connectivity index (χ1) is 12.7. The van der Waals surface area contributed by atoms with Gasteiger partial charge < -0.3 is 19.1 Å². The lowest BCUT2D eigenvalue weighted by Gasteiger charge is -2.19. The van der Waals surface area contributed by atoms with Crippen LogP contribution in [0, 0.1) is 0 Å². The maximum Gasteiger partial charge on any atom is 0.220 e. The van der Waals surface area contributed by atoms with Crippen LogP contribution in [-0.4, -0.2) is 51.3 Å². The standard InChI is InChI=1S/C21H24N2O3/c1-23(2)9-5-10-24-14-19-22-13-16-6-3-8-17-18(21(16)26-19)12-15-7-4-11-25-20(15)17/h3-4,7-8,12-13H,5-6,9-11,14H2,1-2H3. The second kappa shape index (κ2) is 7.48. The van der Waals surface area contributed by atoms with Crippen molar-refractivity contribution in [3.8, 4) is 0 Å². The number of hydrogen-bond donors (Lipinski definition) is 0. The average molecular weight is 352 g/mol. The Labute approximate surface area is 154 Å². The van der Waals surface area contributed by atoms with Gasteiger partial charge in [0.2, 0.25) is 5.90 Å². The van der Waals surface area contributed by atoms with Crippen molar-refractivity contribution in [1.82, 2.24) is 4.90 Å². The number of allylic oxidation sites excluding steroid dienone is 7. The Kier molecular flexibility index (Phi) is 4.91. The van der Waals surface area contributed by atoms with Gasteiger partial charge in [0.1, 0.15) is 24.7 Å². The normalized spacial score (nSPS) is 20.7. The summed E-state index contributed by atoms with van der Waals surface area (Å²) in [5.74, 6) is 2.43. The number of rotatable bonds is 6. The van der Waals surface area contributed by atoms with Crippen molar-refractivity contribution < 1.29 is 14.2 Å². The van der Waals surface area contributed by atoms with Gasteiger partial charge in [-0.15, -0.1) is 0 Å². The van der Waals surface area contributed by atoms with Crippen LogP contribution in [0.25, 0.3) is 0 Å². The first-order valence-corrected chi connectivity index (χ1v) is 9.05. The topological polar surface area (TPSA) is 43.3 Å². The van der Waals surface area contributed by atoms with Gasteiger partial charge in [-0.3, -0.25) is 0 Å². The second-order valence-electron chi connectivity index (χ2n) is 6.89. The molecular weight excluding hydrogens is 328 g/mol. The Morgan fingerprint density at radius 1 is 1.15 bits per heavy atom. The van der Waals surface area contributed by atoms with Crippen LogP contribution in [0.15, 0.2) is 75.4 Å². The molecule has 26 heavy (non-hydrogen) atoms. The first-order valence-electron chi connectivity index (χ1n) is 9.05. The minimum atomic E-state index is 0.389. The lowest BCUT2D eigenvalue weighted by atomic mass is 10.1. The molecule has 0 saturated heterocycles. The van der Waals surface area contributed by atoms with Crippen molar-refractivity contribution in [2.45, 2.75) is 12.8 Å². The number of aliphatic imine (C=N–C) groups is 1. The van der Waals surface area contributed by atoms with Crippen molar-refractivity contribution >= 4 is 5.90 Å². The Morgan fingerprint density at radius 3 is 2.96 bits per heavy atom. The maximum absolute atomic E-state index is 6.15. The Morgan fingerprint density at radius 2 is 2.08 bits per heavy atom. The molecule has 0 amide bonds. The molecule has 2 heterocycles. The van der Waals surface area contributed by atoms with Gasteiger partial charge in [-0.05, 0) is 45.6 Å². The third-order valence-corrected chi connectivity index (χ3v) is 4.58. The minimum absolute atomic E-state index is 0.389. The highest BCUT2D eigenvalue weighted by Crippen LogP contribution is 2.41. The molecular formula is C21H24N2O3. The quantitative estimate of drug-likeness (QED) is 0.688. The summed E-state index contributed by atoms with van der Waals surface area (Å²) in [5, 5.41) is 0. The van der Waals surface area contributed by atoms with Crippen LogP contribution in [0.4, 0.5) is 0 Å². The van der Waals surface area contributed by atoms with E-state index in [0.29, 0.717) is 25.7 Å². The molecule has 5 nitrogen and oxygen atoms in total. The van der Waals surface area contributed by atoms with Gasteiger partial charge in [-0.2, -0.15) is 0 Å². The van der Waals surface area contributed by atoms with Gasteiger partial charge >= 0.3 is 0 Å². The van der Waals surface area contributed by atoms with Crippen molar-refractivity contribution in [1.29, 1.82) is 0 Å². The molecule has 0 aromatic heterocycles. The highest BCUT2D eigenvalue weighted by Gasteiger charge is 2.29. The van der Waals surface area contributed by atoms with Crippen molar-refractivity contribution in [2.24, 2.45) is 4.99 Å². The summed E-state index contributed by atoms with van der Waals surface area (Å²) >= 11 is 0. The van der Waals surface area contributed by atoms with Crippen LogP contribution in [0.2, 0.25) is 0 Å². The Balaban J connectivity index is 1.50. The van der Waals surface area contributed by atoms with E-state index < -0.39 is 0 Å². The molecule has 0 fully saturated rings. The third kappa shape index (κ3) is 3.45. The smallest absolute Gasteiger partial charge is 0.220 e. The zero-order valence-corrected chi connectivity index (χ0v) is 15.3. The summed E-state index contributed by atoms with van der Waals surface area (Å²) in [6, 6.07) is 0. The van der Waals surface area contributed by atoms with Gasteiger partial charge in [0.25, 0.3) is 0 Å². The summed E-state index contributed by atoms with van der Waals surface area (Å²) in [4.78, 5) is 6.59. The molecule has 5 heteroatoms. The van der Waals surface area contributed by atoms with E-state index in [4.69, 9.17) is 14.2 Å². The largest absolute Gasteiger partial charge is 0.488 e. The van der Waals surface area contributed by atoms with Crippen LogP contribution in [-0.2, 0) is 14.2 Å². The first kappa shape index (κ1) is 17.1. The summed E-state index contributed by atoms with van der Waals surface area (Å²) in [5.41, 5.74) is 4.35. The van der Waals surface area contributed by atoms with E-state index in [-0.39, 0.29) is 0 Å². The SMILES string of the molecule is CN(C)CCCOCC1=NC=C2CC=CC3=C4OCC=CC4=CC3=C2O1. The van der Waals surface area contributed by atoms with Crippen LogP contribution >= 0.6 is 0 Å². The molecule has 0 spiro atoms. The highest BCUT2D eigenvalue weighted by molar-refractivity contribution is 5.82. The molecule has 2 aliphatic heterocycles. The lowest BCUT2D eigenvalue weighted by molar-refractivity contribution is 0.147. The fourth-order valence-electron chi connectivity index (χ4n) is 3.33. The molecule has 2 aliphatic carbocycles. The van der Waals surface area contributed by atoms with E-state index >= 15 is 0 Å². The van der Waals surface area contributed by atoms with Gasteiger partial charge in [0.05, 0.1) is 0 Å². The van der Waals surface area contributed by atoms with Gasteiger partial charge in [-0.25, -0.2) is 4.99 Å². The molecule has 0 radical (unpaired) electrons. The van der Waals surface area contributed by atoms with E-state index in [9.17, 15) is 0 Å². The zero-order valence-electron chi connectivity index (χ0n) is 15.3. The van der Waals surface area contributed by atoms with E-state index in [2.05, 4.69) is 48.3 Å². The monoisotopic (exact) mass is 352 g/mol. The molecule has 0 N–H and O–H groups in total. The summed E-state index contributed by atoms with van der Waals surface area (Å²) in [6.07, 6.45) is 14.2. The molecule has 0 atom stereocenters. The molecule has 0 saturated carbocycles. The molecule has 136 valence electrons. The van der Waals surface area contributed by atoms with E-state index in [1.54, 1.807) is 0 Å². The van der Waals surface area contributed by atoms with Crippen LogP contribution in [0.3, 0.4) is 0 Å². The highest BCUT2D eigenvalue weighted by atomic mass is 16.5. The molecule has 0 bridgehead atoms. The molecule has 0 aromatic carbocycles. The fourth-order valence-corrected chi connectivity index (χ4v) is 3.33. The predicted octanol–water partition coefficient (Wildman–Crippen LogP) is 3.26. The summed E-state index contributed by atoms with van der Waals surface area (Å²) < 4.78 is 17.7. The van der Waals surface area contributed by atoms with Gasteiger partial charge in [0, 0.05) is 35.1 Å². The fraction of sp³-hybridized carbons (Fsp3) is 0.381. The number of ether oxygens (including phenoxy) is 3. The van der Waals surface area contributed by atoms with Gasteiger partial charge in [-0.1, -0.05) is 18.2 Å². The molecule has 0 aromatic rings. The molecule has 0 unspecified atom stereocenters. The lowest BCUT2D eigenvalue weighted by Crippen LogP contribution is -2.19. The van der Waals surface area contributed by atoms with Crippen molar-refractivity contribution in [3.63, 3.8) is 0 Å². The van der Waals surface area contributed by atoms with Crippen LogP contribution in [0.5, 0.6) is 0 Å². The van der Waals surface area contributed by atoms with E-state index in [1.165, 1.54) is 0 Å². The Hall–Kier alpha value is -2.37. The summed E-state index contributed by atoms with van der Waals surface area (Å²) in [6.45, 7) is 2.71. The van der Waals surface area contributed by atoms with Crippen LogP contribution < -0.4 is 0 Å². The number of fused-ring (bicyclic) bond motifs is 3. The zero-order chi connectivity index (χ0) is 17.9. The van der Waals surface area contributed by atoms with Crippen molar-refractivity contribution in [3.05, 3.63) is 70.4 Å². The van der Waals surface area contributed by atoms with E-state index in [0.717, 1.165) is 53.2 Å². The molecule has 4 rings (SSSR count). The second-order valence-corrected chi connectivity index (χ2v) is 6.89. The number of nitrogens with zero attached hydrogens (tertiary/aromatic N) is 2. The average Bonchev–Trinajstić information content (AvgIpc) is 2.91. The van der Waals surface area contributed by atoms with Crippen LogP contribution in [0.1, 0.15) is 12.8 Å². The predicted molar refractivity (Wildman–Crippen MR) is 102 cm³/mol. The van der Waals surface area contributed by atoms with Gasteiger partial charge in [0.15, 0.2) is 0 Å². The molecule has 4 aliphatic rings. The third-order valence-electron chi connectivity index (χ3n) is 4.58. The maximum atomic E-state index is 6.15. The van der Waals surface area contributed by atoms with E-state index in [1.807, 2.05) is 12.3 Å².